The predicted molar refractivity (Wildman–Crippen MR) is 80.7 cm³/mol. The molecule has 0 saturated carbocycles. The third kappa shape index (κ3) is 2.76. The summed E-state index contributed by atoms with van der Waals surface area (Å²) in [5.74, 6) is 1.81. The van der Waals surface area contributed by atoms with Crippen molar-refractivity contribution in [2.24, 2.45) is 0 Å². The number of aromatic nitrogens is 3. The van der Waals surface area contributed by atoms with Crippen LogP contribution in [0.1, 0.15) is 27.7 Å². The Morgan fingerprint density at radius 1 is 1.27 bits per heavy atom. The first-order valence-corrected chi connectivity index (χ1v) is 6.94. The van der Waals surface area contributed by atoms with Crippen LogP contribution in [0.4, 0.5) is 0 Å². The normalized spacial score (nSPS) is 10.6. The minimum absolute atomic E-state index is 0.183. The summed E-state index contributed by atoms with van der Waals surface area (Å²) in [6.45, 7) is 3.88. The van der Waals surface area contributed by atoms with Crippen LogP contribution in [0.5, 0.6) is 0 Å². The topological polar surface area (TPSA) is 73.0 Å². The van der Waals surface area contributed by atoms with Crippen molar-refractivity contribution in [3.63, 3.8) is 0 Å². The molecular weight excluding hydrogens is 280 g/mol. The lowest BCUT2D eigenvalue weighted by molar-refractivity contribution is 0.0948. The zero-order valence-corrected chi connectivity index (χ0v) is 12.4. The van der Waals surface area contributed by atoms with Crippen molar-refractivity contribution in [3.05, 3.63) is 65.6 Å². The molecule has 1 N–H and O–H groups in total. The zero-order chi connectivity index (χ0) is 15.5. The van der Waals surface area contributed by atoms with Crippen LogP contribution in [0.3, 0.4) is 0 Å². The minimum atomic E-state index is -0.183. The fraction of sp³-hybridized carbons (Fsp3) is 0.188. The number of nitrogens with one attached hydrogen (secondary N) is 1. The number of furan rings is 1. The van der Waals surface area contributed by atoms with Crippen molar-refractivity contribution < 1.29 is 9.21 Å². The minimum Gasteiger partial charge on any atom is -0.466 e. The van der Waals surface area contributed by atoms with Gasteiger partial charge in [-0.05, 0) is 32.0 Å². The summed E-state index contributed by atoms with van der Waals surface area (Å²) in [4.78, 5) is 12.2. The van der Waals surface area contributed by atoms with Gasteiger partial charge in [0.15, 0.2) is 5.82 Å². The van der Waals surface area contributed by atoms with Gasteiger partial charge in [0.25, 0.3) is 5.91 Å². The molecule has 2 heterocycles. The molecule has 112 valence electrons. The number of aryl methyl sites for hydroxylation is 2. The Morgan fingerprint density at radius 2 is 2.05 bits per heavy atom. The molecule has 0 aliphatic heterocycles. The Labute approximate surface area is 127 Å². The first-order chi connectivity index (χ1) is 10.6. The van der Waals surface area contributed by atoms with Gasteiger partial charge in [-0.1, -0.05) is 18.2 Å². The Bertz CT molecular complexity index is 790. The Hall–Kier alpha value is -2.89. The van der Waals surface area contributed by atoms with Gasteiger partial charge in [0.2, 0.25) is 0 Å². The van der Waals surface area contributed by atoms with Gasteiger partial charge in [-0.2, -0.15) is 0 Å². The van der Waals surface area contributed by atoms with Crippen molar-refractivity contribution in [2.45, 2.75) is 20.4 Å². The zero-order valence-electron chi connectivity index (χ0n) is 12.4. The molecule has 0 unspecified atom stereocenters. The molecule has 22 heavy (non-hydrogen) atoms. The van der Waals surface area contributed by atoms with E-state index in [0.29, 0.717) is 17.1 Å². The highest BCUT2D eigenvalue weighted by atomic mass is 16.3. The molecular formula is C16H16N4O2. The van der Waals surface area contributed by atoms with E-state index in [1.165, 1.54) is 0 Å². The van der Waals surface area contributed by atoms with Crippen LogP contribution in [0.25, 0.3) is 5.69 Å². The van der Waals surface area contributed by atoms with Gasteiger partial charge in [0.05, 0.1) is 12.1 Å². The SMILES string of the molecule is Cc1cc(C(=O)NCc2nncn2-c2ccccc2)c(C)o1. The van der Waals surface area contributed by atoms with E-state index >= 15 is 0 Å². The van der Waals surface area contributed by atoms with Gasteiger partial charge >= 0.3 is 0 Å². The van der Waals surface area contributed by atoms with Crippen LogP contribution in [-0.2, 0) is 6.54 Å². The van der Waals surface area contributed by atoms with Gasteiger partial charge in [-0.25, -0.2) is 0 Å². The summed E-state index contributed by atoms with van der Waals surface area (Å²) < 4.78 is 7.21. The summed E-state index contributed by atoms with van der Waals surface area (Å²) in [5.41, 5.74) is 1.50. The fourth-order valence-electron chi connectivity index (χ4n) is 2.29. The van der Waals surface area contributed by atoms with Gasteiger partial charge < -0.3 is 9.73 Å². The summed E-state index contributed by atoms with van der Waals surface area (Å²) >= 11 is 0. The van der Waals surface area contributed by atoms with Crippen molar-refractivity contribution in [1.82, 2.24) is 20.1 Å². The summed E-state index contributed by atoms with van der Waals surface area (Å²) in [5, 5.41) is 10.8. The van der Waals surface area contributed by atoms with Crippen molar-refractivity contribution in [2.75, 3.05) is 0 Å². The number of amides is 1. The van der Waals surface area contributed by atoms with Crippen LogP contribution in [0.15, 0.2) is 47.1 Å². The average Bonchev–Trinajstić information content (AvgIpc) is 3.12. The molecule has 0 bridgehead atoms. The molecule has 0 aliphatic rings. The van der Waals surface area contributed by atoms with E-state index in [-0.39, 0.29) is 12.5 Å². The number of hydrogen-bond acceptors (Lipinski definition) is 4. The molecule has 0 spiro atoms. The van der Waals surface area contributed by atoms with Crippen molar-refractivity contribution >= 4 is 5.91 Å². The van der Waals surface area contributed by atoms with Gasteiger partial charge in [-0.3, -0.25) is 9.36 Å². The number of carbonyl (C=O) groups excluding carboxylic acids is 1. The van der Waals surface area contributed by atoms with Crippen LogP contribution in [0, 0.1) is 13.8 Å². The van der Waals surface area contributed by atoms with Crippen LogP contribution in [0.2, 0.25) is 0 Å². The average molecular weight is 296 g/mol. The lowest BCUT2D eigenvalue weighted by atomic mass is 10.2. The number of carbonyl (C=O) groups is 1. The van der Waals surface area contributed by atoms with E-state index in [4.69, 9.17) is 4.42 Å². The molecule has 6 nitrogen and oxygen atoms in total. The summed E-state index contributed by atoms with van der Waals surface area (Å²) in [6, 6.07) is 11.5. The first-order valence-electron chi connectivity index (χ1n) is 6.94. The Kier molecular flexibility index (Phi) is 3.74. The predicted octanol–water partition coefficient (Wildman–Crippen LogP) is 2.41. The number of para-hydroxylation sites is 1. The largest absolute Gasteiger partial charge is 0.466 e. The third-order valence-electron chi connectivity index (χ3n) is 3.35. The van der Waals surface area contributed by atoms with Gasteiger partial charge in [0, 0.05) is 5.69 Å². The van der Waals surface area contributed by atoms with Crippen LogP contribution < -0.4 is 5.32 Å². The maximum atomic E-state index is 12.2. The maximum absolute atomic E-state index is 12.2. The highest BCUT2D eigenvalue weighted by Gasteiger charge is 2.14. The molecule has 0 fully saturated rings. The second kappa shape index (κ2) is 5.85. The van der Waals surface area contributed by atoms with E-state index in [1.54, 1.807) is 19.3 Å². The Balaban J connectivity index is 1.74. The molecule has 3 rings (SSSR count). The summed E-state index contributed by atoms with van der Waals surface area (Å²) in [6.07, 6.45) is 1.63. The number of benzene rings is 1. The van der Waals surface area contributed by atoms with E-state index in [9.17, 15) is 4.79 Å². The molecule has 2 aromatic heterocycles. The fourth-order valence-corrected chi connectivity index (χ4v) is 2.29. The molecule has 0 aliphatic carbocycles. The second-order valence-corrected chi connectivity index (χ2v) is 4.96. The van der Waals surface area contributed by atoms with Gasteiger partial charge in [-0.15, -0.1) is 10.2 Å². The lowest BCUT2D eigenvalue weighted by Gasteiger charge is -2.07. The quantitative estimate of drug-likeness (QED) is 0.802. The van der Waals surface area contributed by atoms with Gasteiger partial charge in [0.1, 0.15) is 17.8 Å². The van der Waals surface area contributed by atoms with E-state index in [0.717, 1.165) is 11.4 Å². The monoisotopic (exact) mass is 296 g/mol. The second-order valence-electron chi connectivity index (χ2n) is 4.96. The van der Waals surface area contributed by atoms with E-state index in [1.807, 2.05) is 41.8 Å². The summed E-state index contributed by atoms with van der Waals surface area (Å²) in [7, 11) is 0. The number of nitrogens with zero attached hydrogens (tertiary/aromatic N) is 3. The highest BCUT2D eigenvalue weighted by Crippen LogP contribution is 2.14. The molecule has 0 atom stereocenters. The standard InChI is InChI=1S/C16H16N4O2/c1-11-8-14(12(2)22-11)16(21)17-9-15-19-18-10-20(15)13-6-4-3-5-7-13/h3-8,10H,9H2,1-2H3,(H,17,21). The first kappa shape index (κ1) is 14.1. The van der Waals surface area contributed by atoms with Crippen molar-refractivity contribution in [1.29, 1.82) is 0 Å². The third-order valence-corrected chi connectivity index (χ3v) is 3.35. The molecule has 3 aromatic rings. The van der Waals surface area contributed by atoms with Crippen LogP contribution >= 0.6 is 0 Å². The molecule has 0 saturated heterocycles. The molecule has 1 aromatic carbocycles. The van der Waals surface area contributed by atoms with E-state index < -0.39 is 0 Å². The molecule has 0 radical (unpaired) electrons. The Morgan fingerprint density at radius 3 is 2.73 bits per heavy atom. The maximum Gasteiger partial charge on any atom is 0.255 e. The number of rotatable bonds is 4. The van der Waals surface area contributed by atoms with Crippen molar-refractivity contribution in [3.8, 4) is 5.69 Å². The smallest absolute Gasteiger partial charge is 0.255 e. The van der Waals surface area contributed by atoms with Crippen LogP contribution in [-0.4, -0.2) is 20.7 Å². The lowest BCUT2D eigenvalue weighted by Crippen LogP contribution is -2.24. The molecule has 6 heteroatoms. The van der Waals surface area contributed by atoms with E-state index in [2.05, 4.69) is 15.5 Å². The molecule has 1 amide bonds. The number of hydrogen-bond donors (Lipinski definition) is 1. The highest BCUT2D eigenvalue weighted by molar-refractivity contribution is 5.95.